The SMILES string of the molecule is CN=C(NCCN1CCCS1(=O)=O)N1CCN(C(C)(C)C(N)=O)CC1.I. The Bertz CT molecular complexity index is 617. The number of nitrogens with one attached hydrogen (secondary N) is 1. The second kappa shape index (κ2) is 9.51. The molecule has 0 unspecified atom stereocenters. The molecular formula is C15H31IN6O3S. The van der Waals surface area contributed by atoms with Crippen molar-refractivity contribution in [1.82, 2.24) is 19.4 Å². The van der Waals surface area contributed by atoms with Crippen LogP contribution in [0.25, 0.3) is 0 Å². The fourth-order valence-electron chi connectivity index (χ4n) is 3.20. The predicted molar refractivity (Wildman–Crippen MR) is 113 cm³/mol. The summed E-state index contributed by atoms with van der Waals surface area (Å²) in [6.07, 6.45) is 0.703. The maximum absolute atomic E-state index is 11.8. The van der Waals surface area contributed by atoms with E-state index in [1.54, 1.807) is 7.05 Å². The van der Waals surface area contributed by atoms with E-state index in [1.807, 2.05) is 13.8 Å². The van der Waals surface area contributed by atoms with Crippen molar-refractivity contribution < 1.29 is 13.2 Å². The molecule has 0 spiro atoms. The van der Waals surface area contributed by atoms with Crippen molar-refractivity contribution in [3.8, 4) is 0 Å². The van der Waals surface area contributed by atoms with Crippen LogP contribution in [0.5, 0.6) is 0 Å². The van der Waals surface area contributed by atoms with Gasteiger partial charge in [-0.05, 0) is 20.3 Å². The third-order valence-corrected chi connectivity index (χ3v) is 6.99. The van der Waals surface area contributed by atoms with Crippen LogP contribution in [0.4, 0.5) is 0 Å². The lowest BCUT2D eigenvalue weighted by atomic mass is 10.0. The monoisotopic (exact) mass is 502 g/mol. The summed E-state index contributed by atoms with van der Waals surface area (Å²) in [7, 11) is -1.34. The molecule has 152 valence electrons. The number of hydrogen-bond acceptors (Lipinski definition) is 5. The van der Waals surface area contributed by atoms with Crippen molar-refractivity contribution >= 4 is 45.9 Å². The molecule has 2 aliphatic rings. The summed E-state index contributed by atoms with van der Waals surface area (Å²) in [5.74, 6) is 0.683. The van der Waals surface area contributed by atoms with Crippen LogP contribution in [0.3, 0.4) is 0 Å². The summed E-state index contributed by atoms with van der Waals surface area (Å²) < 4.78 is 25.1. The fraction of sp³-hybridized carbons (Fsp3) is 0.867. The summed E-state index contributed by atoms with van der Waals surface area (Å²) in [5, 5.41) is 3.24. The maximum atomic E-state index is 11.8. The number of halogens is 1. The van der Waals surface area contributed by atoms with E-state index in [9.17, 15) is 13.2 Å². The standard InChI is InChI=1S/C15H30N6O3S.HI/c1-15(2,13(16)22)20-10-8-19(9-11-20)14(17-3)18-5-7-21-6-4-12-25(21,23)24;/h4-12H2,1-3H3,(H2,16,22)(H,17,18);1H. The van der Waals surface area contributed by atoms with Crippen LogP contribution in [-0.2, 0) is 14.8 Å². The van der Waals surface area contributed by atoms with Crippen LogP contribution < -0.4 is 11.1 Å². The van der Waals surface area contributed by atoms with Gasteiger partial charge in [-0.15, -0.1) is 24.0 Å². The molecule has 0 aliphatic carbocycles. The Kier molecular flexibility index (Phi) is 8.55. The van der Waals surface area contributed by atoms with Gasteiger partial charge >= 0.3 is 0 Å². The Morgan fingerprint density at radius 3 is 2.27 bits per heavy atom. The number of sulfonamides is 1. The van der Waals surface area contributed by atoms with Gasteiger partial charge in [0.15, 0.2) is 5.96 Å². The van der Waals surface area contributed by atoms with Crippen LogP contribution in [0.15, 0.2) is 4.99 Å². The highest BCUT2D eigenvalue weighted by molar-refractivity contribution is 14.0. The molecule has 0 bridgehead atoms. The normalized spacial score (nSPS) is 22.1. The average molecular weight is 502 g/mol. The highest BCUT2D eigenvalue weighted by atomic mass is 127. The molecule has 0 aromatic rings. The molecule has 2 saturated heterocycles. The third-order valence-electron chi connectivity index (χ3n) is 5.03. The molecule has 0 radical (unpaired) electrons. The molecular weight excluding hydrogens is 471 g/mol. The number of rotatable bonds is 5. The summed E-state index contributed by atoms with van der Waals surface area (Å²) in [4.78, 5) is 20.1. The van der Waals surface area contributed by atoms with Crippen molar-refractivity contribution in [3.63, 3.8) is 0 Å². The Morgan fingerprint density at radius 1 is 1.19 bits per heavy atom. The topological polar surface area (TPSA) is 111 Å². The molecule has 0 aromatic carbocycles. The molecule has 2 fully saturated rings. The van der Waals surface area contributed by atoms with Gasteiger partial charge < -0.3 is 16.0 Å². The molecule has 9 nitrogen and oxygen atoms in total. The Balaban J connectivity index is 0.00000338. The van der Waals surface area contributed by atoms with E-state index in [4.69, 9.17) is 5.73 Å². The molecule has 0 saturated carbocycles. The van der Waals surface area contributed by atoms with E-state index >= 15 is 0 Å². The fourth-order valence-corrected chi connectivity index (χ4v) is 4.73. The number of amides is 1. The second-order valence-electron chi connectivity index (χ2n) is 6.94. The van der Waals surface area contributed by atoms with E-state index in [1.165, 1.54) is 4.31 Å². The number of guanidine groups is 1. The quantitative estimate of drug-likeness (QED) is 0.286. The predicted octanol–water partition coefficient (Wildman–Crippen LogP) is -0.903. The molecule has 26 heavy (non-hydrogen) atoms. The first kappa shape index (κ1) is 23.4. The number of nitrogens with two attached hydrogens (primary N) is 1. The molecule has 2 rings (SSSR count). The second-order valence-corrected chi connectivity index (χ2v) is 9.03. The zero-order valence-electron chi connectivity index (χ0n) is 15.8. The molecule has 1 amide bonds. The first-order valence-electron chi connectivity index (χ1n) is 8.67. The van der Waals surface area contributed by atoms with Gasteiger partial charge in [0, 0.05) is 52.9 Å². The zero-order chi connectivity index (χ0) is 18.7. The van der Waals surface area contributed by atoms with Crippen molar-refractivity contribution in [2.75, 3.05) is 58.6 Å². The summed E-state index contributed by atoms with van der Waals surface area (Å²) in [6.45, 7) is 8.17. The van der Waals surface area contributed by atoms with Crippen LogP contribution >= 0.6 is 24.0 Å². The van der Waals surface area contributed by atoms with Gasteiger partial charge in [-0.3, -0.25) is 14.7 Å². The van der Waals surface area contributed by atoms with E-state index in [0.29, 0.717) is 26.1 Å². The lowest BCUT2D eigenvalue weighted by molar-refractivity contribution is -0.129. The van der Waals surface area contributed by atoms with E-state index < -0.39 is 15.6 Å². The van der Waals surface area contributed by atoms with Gasteiger partial charge in [-0.1, -0.05) is 0 Å². The zero-order valence-corrected chi connectivity index (χ0v) is 18.9. The number of aliphatic imine (C=N–C) groups is 1. The van der Waals surface area contributed by atoms with Crippen LogP contribution in [0.1, 0.15) is 20.3 Å². The number of primary amides is 1. The van der Waals surface area contributed by atoms with Gasteiger partial charge in [0.05, 0.1) is 11.3 Å². The molecule has 11 heteroatoms. The number of carbonyl (C=O) groups is 1. The number of nitrogens with zero attached hydrogens (tertiary/aromatic N) is 4. The smallest absolute Gasteiger partial charge is 0.237 e. The molecule has 2 aliphatic heterocycles. The van der Waals surface area contributed by atoms with Gasteiger partial charge in [-0.2, -0.15) is 0 Å². The van der Waals surface area contributed by atoms with E-state index in [-0.39, 0.29) is 35.6 Å². The Hall–Kier alpha value is -0.660. The van der Waals surface area contributed by atoms with Crippen molar-refractivity contribution in [1.29, 1.82) is 0 Å². The molecule has 0 atom stereocenters. The van der Waals surface area contributed by atoms with Crippen molar-refractivity contribution in [2.24, 2.45) is 10.7 Å². The lowest BCUT2D eigenvalue weighted by Gasteiger charge is -2.43. The van der Waals surface area contributed by atoms with Crippen molar-refractivity contribution in [3.05, 3.63) is 0 Å². The van der Waals surface area contributed by atoms with Crippen LogP contribution in [0, 0.1) is 0 Å². The minimum Gasteiger partial charge on any atom is -0.368 e. The van der Waals surface area contributed by atoms with Gasteiger partial charge in [0.1, 0.15) is 0 Å². The first-order valence-corrected chi connectivity index (χ1v) is 10.3. The van der Waals surface area contributed by atoms with Crippen molar-refractivity contribution in [2.45, 2.75) is 25.8 Å². The number of carbonyl (C=O) groups excluding carboxylic acids is 1. The van der Waals surface area contributed by atoms with E-state index in [2.05, 4.69) is 20.1 Å². The number of hydrogen-bond donors (Lipinski definition) is 2. The third kappa shape index (κ3) is 5.42. The largest absolute Gasteiger partial charge is 0.368 e. The Morgan fingerprint density at radius 2 is 1.81 bits per heavy atom. The van der Waals surface area contributed by atoms with Crippen LogP contribution in [0.2, 0.25) is 0 Å². The summed E-state index contributed by atoms with van der Waals surface area (Å²) in [5.41, 5.74) is 4.83. The average Bonchev–Trinajstić information content (AvgIpc) is 2.90. The van der Waals surface area contributed by atoms with Gasteiger partial charge in [-0.25, -0.2) is 12.7 Å². The van der Waals surface area contributed by atoms with Crippen LogP contribution in [-0.4, -0.2) is 98.5 Å². The number of piperazine rings is 1. The highest BCUT2D eigenvalue weighted by Crippen LogP contribution is 2.16. The van der Waals surface area contributed by atoms with Gasteiger partial charge in [0.2, 0.25) is 15.9 Å². The Labute approximate surface area is 173 Å². The highest BCUT2D eigenvalue weighted by Gasteiger charge is 2.35. The van der Waals surface area contributed by atoms with Gasteiger partial charge in [0.25, 0.3) is 0 Å². The first-order chi connectivity index (χ1) is 11.7. The minimum absolute atomic E-state index is 0. The summed E-state index contributed by atoms with van der Waals surface area (Å²) in [6, 6.07) is 0. The molecule has 0 aromatic heterocycles. The summed E-state index contributed by atoms with van der Waals surface area (Å²) >= 11 is 0. The van der Waals surface area contributed by atoms with E-state index in [0.717, 1.165) is 32.1 Å². The molecule has 3 N–H and O–H groups in total. The minimum atomic E-state index is -3.06. The molecule has 2 heterocycles. The maximum Gasteiger partial charge on any atom is 0.237 e. The lowest BCUT2D eigenvalue weighted by Crippen LogP contribution is -2.61.